The maximum atomic E-state index is 11.1. The van der Waals surface area contributed by atoms with E-state index in [2.05, 4.69) is 19.2 Å². The molecule has 0 saturated carbocycles. The van der Waals surface area contributed by atoms with E-state index in [1.165, 1.54) is 12.2 Å². The first-order valence-electron chi connectivity index (χ1n) is 5.68. The molecule has 0 atom stereocenters. The van der Waals surface area contributed by atoms with Crippen LogP contribution in [0.5, 0.6) is 0 Å². The third kappa shape index (κ3) is 12.1. The van der Waals surface area contributed by atoms with E-state index in [0.717, 1.165) is 24.6 Å². The molecule has 0 aliphatic carbocycles. The molecule has 2 nitrogen and oxygen atoms in total. The van der Waals surface area contributed by atoms with Gasteiger partial charge in [-0.15, -0.1) is 0 Å². The molecule has 1 N–H and O–H groups in total. The minimum absolute atomic E-state index is 0. The molecule has 0 saturated heterocycles. The highest BCUT2D eigenvalue weighted by Crippen LogP contribution is 2.22. The lowest BCUT2D eigenvalue weighted by Gasteiger charge is -2.05. The summed E-state index contributed by atoms with van der Waals surface area (Å²) in [6.45, 7) is 7.32. The van der Waals surface area contributed by atoms with Crippen molar-refractivity contribution in [3.63, 3.8) is 0 Å². The minimum Gasteiger partial charge on any atom is -0.355 e. The summed E-state index contributed by atoms with van der Waals surface area (Å²) in [5.74, 6) is 3.20. The molecule has 0 bridgehead atoms. The Hall–Kier alpha value is 0.170. The number of hydrogen-bond donors (Lipinski definition) is 1. The second-order valence-electron chi connectivity index (χ2n) is 3.93. The SMILES string of the molecule is CCCC(=O)NCCSSCCC(C)C.[HH]. The van der Waals surface area contributed by atoms with Crippen LogP contribution in [-0.2, 0) is 4.79 Å². The summed E-state index contributed by atoms with van der Waals surface area (Å²) in [5, 5.41) is 2.91. The van der Waals surface area contributed by atoms with Gasteiger partial charge >= 0.3 is 0 Å². The second kappa shape index (κ2) is 10.7. The van der Waals surface area contributed by atoms with Crippen molar-refractivity contribution in [3.05, 3.63) is 0 Å². The summed E-state index contributed by atoms with van der Waals surface area (Å²) in [5.41, 5.74) is 0. The summed E-state index contributed by atoms with van der Waals surface area (Å²) in [4.78, 5) is 11.1. The Labute approximate surface area is 103 Å². The monoisotopic (exact) mass is 251 g/mol. The third-order valence-electron chi connectivity index (χ3n) is 1.85. The number of rotatable bonds is 9. The molecule has 4 heteroatoms. The molecule has 0 unspecified atom stereocenters. The van der Waals surface area contributed by atoms with Crippen molar-refractivity contribution in [1.29, 1.82) is 0 Å². The van der Waals surface area contributed by atoms with Gasteiger partial charge in [-0.3, -0.25) is 4.79 Å². The van der Waals surface area contributed by atoms with E-state index in [4.69, 9.17) is 0 Å². The third-order valence-corrected chi connectivity index (χ3v) is 4.29. The predicted molar refractivity (Wildman–Crippen MR) is 74.4 cm³/mol. The molecule has 0 aliphatic heterocycles. The molecular weight excluding hydrogens is 226 g/mol. The molecule has 92 valence electrons. The van der Waals surface area contributed by atoms with Crippen LogP contribution in [0.2, 0.25) is 0 Å². The van der Waals surface area contributed by atoms with Gasteiger partial charge < -0.3 is 5.32 Å². The highest BCUT2D eigenvalue weighted by Gasteiger charge is 1.98. The van der Waals surface area contributed by atoms with Crippen molar-refractivity contribution in [2.45, 2.75) is 40.0 Å². The van der Waals surface area contributed by atoms with Crippen molar-refractivity contribution in [2.75, 3.05) is 18.1 Å². The molecule has 0 spiro atoms. The van der Waals surface area contributed by atoms with E-state index >= 15 is 0 Å². The maximum Gasteiger partial charge on any atom is 0.220 e. The standard InChI is InChI=1S/C11H23NOS2.H2/c1-4-5-11(13)12-7-9-15-14-8-6-10(2)3;/h10H,4-9H2,1-3H3,(H,12,13);1H. The fourth-order valence-corrected chi connectivity index (χ4v) is 3.18. The zero-order valence-corrected chi connectivity index (χ0v) is 11.7. The lowest BCUT2D eigenvalue weighted by molar-refractivity contribution is -0.120. The number of nitrogens with one attached hydrogen (secondary N) is 1. The zero-order chi connectivity index (χ0) is 11.5. The fourth-order valence-electron chi connectivity index (χ4n) is 0.949. The normalized spacial score (nSPS) is 10.7. The molecule has 0 aromatic heterocycles. The van der Waals surface area contributed by atoms with Crippen molar-refractivity contribution in [2.24, 2.45) is 5.92 Å². The Bertz CT molecular complexity index is 168. The van der Waals surface area contributed by atoms with Crippen LogP contribution < -0.4 is 5.32 Å². The van der Waals surface area contributed by atoms with Crippen molar-refractivity contribution >= 4 is 27.5 Å². The molecular formula is C11H25NOS2. The van der Waals surface area contributed by atoms with Gasteiger partial charge in [0.25, 0.3) is 0 Å². The Balaban J connectivity index is 0. The molecule has 15 heavy (non-hydrogen) atoms. The average molecular weight is 251 g/mol. The lowest BCUT2D eigenvalue weighted by Crippen LogP contribution is -2.24. The van der Waals surface area contributed by atoms with Crippen molar-refractivity contribution in [1.82, 2.24) is 5.32 Å². The molecule has 0 aromatic carbocycles. The first kappa shape index (κ1) is 15.2. The predicted octanol–water partition coefficient (Wildman–Crippen LogP) is 3.58. The first-order valence-corrected chi connectivity index (χ1v) is 8.16. The van der Waals surface area contributed by atoms with Crippen LogP contribution >= 0.6 is 21.6 Å². The first-order chi connectivity index (χ1) is 7.16. The number of amides is 1. The number of carbonyl (C=O) groups is 1. The molecule has 0 rings (SSSR count). The number of hydrogen-bond acceptors (Lipinski definition) is 3. The molecule has 0 heterocycles. The minimum atomic E-state index is 0. The van der Waals surface area contributed by atoms with E-state index in [-0.39, 0.29) is 7.33 Å². The summed E-state index contributed by atoms with van der Waals surface area (Å²) in [6, 6.07) is 0. The Morgan fingerprint density at radius 1 is 1.33 bits per heavy atom. The number of carbonyl (C=O) groups excluding carboxylic acids is 1. The summed E-state index contributed by atoms with van der Waals surface area (Å²) < 4.78 is 0. The van der Waals surface area contributed by atoms with E-state index in [0.29, 0.717) is 6.42 Å². The highest BCUT2D eigenvalue weighted by atomic mass is 33.1. The van der Waals surface area contributed by atoms with Crippen LogP contribution in [0.3, 0.4) is 0 Å². The molecule has 0 fully saturated rings. The fraction of sp³-hybridized carbons (Fsp3) is 0.909. The average Bonchev–Trinajstić information content (AvgIpc) is 2.16. The van der Waals surface area contributed by atoms with Gasteiger partial charge in [-0.1, -0.05) is 42.4 Å². The molecule has 0 aliphatic rings. The van der Waals surface area contributed by atoms with Gasteiger partial charge in [0.1, 0.15) is 0 Å². The van der Waals surface area contributed by atoms with Crippen molar-refractivity contribution < 1.29 is 6.22 Å². The van der Waals surface area contributed by atoms with E-state index in [9.17, 15) is 4.79 Å². The summed E-state index contributed by atoms with van der Waals surface area (Å²) >= 11 is 0. The van der Waals surface area contributed by atoms with Gasteiger partial charge in [-0.25, -0.2) is 0 Å². The Kier molecular flexibility index (Phi) is 10.8. The van der Waals surface area contributed by atoms with Crippen LogP contribution in [0.15, 0.2) is 0 Å². The highest BCUT2D eigenvalue weighted by molar-refractivity contribution is 8.76. The van der Waals surface area contributed by atoms with Crippen molar-refractivity contribution in [3.8, 4) is 0 Å². The van der Waals surface area contributed by atoms with E-state index in [1.54, 1.807) is 0 Å². The topological polar surface area (TPSA) is 29.1 Å². The van der Waals surface area contributed by atoms with E-state index in [1.807, 2.05) is 28.5 Å². The summed E-state index contributed by atoms with van der Waals surface area (Å²) in [6.07, 6.45) is 2.87. The van der Waals surface area contributed by atoms with Crippen LogP contribution in [0.1, 0.15) is 41.5 Å². The van der Waals surface area contributed by atoms with Crippen LogP contribution in [0.25, 0.3) is 0 Å². The van der Waals surface area contributed by atoms with Crippen LogP contribution in [-0.4, -0.2) is 24.0 Å². The van der Waals surface area contributed by atoms with Gasteiger partial charge in [0.2, 0.25) is 5.91 Å². The molecule has 0 radical (unpaired) electrons. The van der Waals surface area contributed by atoms with Gasteiger partial charge in [-0.05, 0) is 18.8 Å². The maximum absolute atomic E-state index is 11.1. The van der Waals surface area contributed by atoms with E-state index < -0.39 is 0 Å². The van der Waals surface area contributed by atoms with Gasteiger partial charge in [0.05, 0.1) is 0 Å². The van der Waals surface area contributed by atoms with Crippen LogP contribution in [0.4, 0.5) is 0 Å². The second-order valence-corrected chi connectivity index (χ2v) is 6.63. The molecule has 1 amide bonds. The van der Waals surface area contributed by atoms with Crippen LogP contribution in [0, 0.1) is 5.92 Å². The summed E-state index contributed by atoms with van der Waals surface area (Å²) in [7, 11) is 3.77. The van der Waals surface area contributed by atoms with Gasteiger partial charge in [-0.2, -0.15) is 0 Å². The van der Waals surface area contributed by atoms with Gasteiger partial charge in [0, 0.05) is 25.9 Å². The smallest absolute Gasteiger partial charge is 0.220 e. The Morgan fingerprint density at radius 3 is 2.60 bits per heavy atom. The zero-order valence-electron chi connectivity index (χ0n) is 10.0. The largest absolute Gasteiger partial charge is 0.355 e. The lowest BCUT2D eigenvalue weighted by atomic mass is 10.2. The quantitative estimate of drug-likeness (QED) is 0.502. The Morgan fingerprint density at radius 2 is 2.00 bits per heavy atom. The molecule has 0 aromatic rings. The van der Waals surface area contributed by atoms with Gasteiger partial charge in [0.15, 0.2) is 0 Å².